The van der Waals surface area contributed by atoms with Crippen LogP contribution >= 0.6 is 11.8 Å². The van der Waals surface area contributed by atoms with E-state index < -0.39 is 5.44 Å². The first kappa shape index (κ1) is 23.4. The van der Waals surface area contributed by atoms with Gasteiger partial charge in [0.2, 0.25) is 5.91 Å². The zero-order valence-corrected chi connectivity index (χ0v) is 19.7. The topological polar surface area (TPSA) is 76.1 Å². The lowest BCUT2D eigenvalue weighted by Gasteiger charge is -2.39. The number of nitrogens with zero attached hydrogens (tertiary/aromatic N) is 3. The van der Waals surface area contributed by atoms with Crippen LogP contribution in [0.2, 0.25) is 0 Å². The van der Waals surface area contributed by atoms with E-state index >= 15 is 0 Å². The monoisotopic (exact) mass is 460 g/mol. The van der Waals surface area contributed by atoms with E-state index in [1.807, 2.05) is 9.80 Å². The Kier molecular flexibility index (Phi) is 8.32. The van der Waals surface area contributed by atoms with Crippen molar-refractivity contribution in [1.82, 2.24) is 20.0 Å². The zero-order valence-electron chi connectivity index (χ0n) is 18.9. The molecule has 2 fully saturated rings. The molecular weight excluding hydrogens is 424 g/mol. The normalized spacial score (nSPS) is 23.4. The molecule has 0 spiro atoms. The van der Waals surface area contributed by atoms with Crippen molar-refractivity contribution in [2.24, 2.45) is 0 Å². The smallest absolute Gasteiger partial charge is 0.318 e. The summed E-state index contributed by atoms with van der Waals surface area (Å²) in [6.45, 7) is 4.57. The number of carbonyl (C=O) groups is 2. The maximum absolute atomic E-state index is 12.7. The molecule has 0 aliphatic carbocycles. The second kappa shape index (κ2) is 11.4. The Morgan fingerprint density at radius 1 is 1.09 bits per heavy atom. The number of aliphatic hydroxyl groups excluding tert-OH is 1. The molecule has 2 N–H and O–H groups in total. The molecule has 32 heavy (non-hydrogen) atoms. The molecule has 2 saturated heterocycles. The van der Waals surface area contributed by atoms with Gasteiger partial charge in [0.05, 0.1) is 5.88 Å². The van der Waals surface area contributed by atoms with Crippen molar-refractivity contribution in [2.75, 3.05) is 38.6 Å². The maximum Gasteiger partial charge on any atom is 0.318 e. The van der Waals surface area contributed by atoms with Crippen LogP contribution in [0, 0.1) is 0 Å². The molecule has 0 bridgehead atoms. The Bertz CT molecular complexity index is 792. The molecule has 8 heteroatoms. The van der Waals surface area contributed by atoms with Gasteiger partial charge in [0.15, 0.2) is 0 Å². The highest BCUT2D eigenvalue weighted by Gasteiger charge is 2.31. The molecule has 0 aromatic heterocycles. The van der Waals surface area contributed by atoms with Crippen LogP contribution in [-0.2, 0) is 17.8 Å². The first-order valence-electron chi connectivity index (χ1n) is 12.0. The van der Waals surface area contributed by atoms with Gasteiger partial charge in [-0.2, -0.15) is 0 Å². The van der Waals surface area contributed by atoms with E-state index in [0.717, 1.165) is 64.7 Å². The number of likely N-dealkylation sites (tertiary alicyclic amines) is 2. The van der Waals surface area contributed by atoms with Gasteiger partial charge in [0.25, 0.3) is 0 Å². The minimum atomic E-state index is -0.538. The van der Waals surface area contributed by atoms with Gasteiger partial charge in [-0.05, 0) is 43.2 Å². The van der Waals surface area contributed by atoms with Gasteiger partial charge in [-0.1, -0.05) is 30.7 Å². The fourth-order valence-electron chi connectivity index (χ4n) is 5.08. The quantitative estimate of drug-likeness (QED) is 0.639. The molecule has 0 radical (unpaired) electrons. The molecule has 0 saturated carbocycles. The summed E-state index contributed by atoms with van der Waals surface area (Å²) in [5.41, 5.74) is 2.20. The number of hydrogen-bond donors (Lipinski definition) is 2. The molecule has 1 aromatic rings. The molecule has 7 nitrogen and oxygen atoms in total. The van der Waals surface area contributed by atoms with Crippen LogP contribution in [0.5, 0.6) is 0 Å². The Balaban J connectivity index is 1.18. The lowest BCUT2D eigenvalue weighted by molar-refractivity contribution is -0.133. The maximum atomic E-state index is 12.7. The molecule has 3 amide bonds. The summed E-state index contributed by atoms with van der Waals surface area (Å²) in [6, 6.07) is 8.53. The Labute approximate surface area is 195 Å². The van der Waals surface area contributed by atoms with Crippen molar-refractivity contribution in [3.05, 3.63) is 35.4 Å². The van der Waals surface area contributed by atoms with E-state index in [1.54, 1.807) is 0 Å². The van der Waals surface area contributed by atoms with Crippen LogP contribution in [-0.4, -0.2) is 81.8 Å². The highest BCUT2D eigenvalue weighted by atomic mass is 32.2. The Hall–Kier alpha value is -1.77. The van der Waals surface area contributed by atoms with E-state index in [1.165, 1.54) is 22.9 Å². The second-order valence-corrected chi connectivity index (χ2v) is 10.3. The van der Waals surface area contributed by atoms with Gasteiger partial charge in [0, 0.05) is 51.7 Å². The summed E-state index contributed by atoms with van der Waals surface area (Å²) >= 11 is 1.37. The number of amides is 3. The molecule has 3 heterocycles. The third-order valence-electron chi connectivity index (χ3n) is 6.86. The summed E-state index contributed by atoms with van der Waals surface area (Å²) in [4.78, 5) is 31.3. The molecule has 176 valence electrons. The summed E-state index contributed by atoms with van der Waals surface area (Å²) < 4.78 is 0. The second-order valence-electron chi connectivity index (χ2n) is 9.14. The van der Waals surface area contributed by atoms with Gasteiger partial charge in [0.1, 0.15) is 5.44 Å². The van der Waals surface area contributed by atoms with Crippen LogP contribution in [0.4, 0.5) is 4.79 Å². The van der Waals surface area contributed by atoms with E-state index in [2.05, 4.69) is 34.5 Å². The number of aliphatic hydroxyl groups is 1. The van der Waals surface area contributed by atoms with E-state index in [0.29, 0.717) is 25.4 Å². The first-order chi connectivity index (χ1) is 15.6. The fraction of sp³-hybridized carbons (Fsp3) is 0.667. The van der Waals surface area contributed by atoms with Crippen LogP contribution in [0.25, 0.3) is 0 Å². The van der Waals surface area contributed by atoms with E-state index in [9.17, 15) is 14.7 Å². The summed E-state index contributed by atoms with van der Waals surface area (Å²) in [7, 11) is 0. The SMILES string of the molecule is O=C(NCS[C@H](O)CN1CCc2ccccc2C1)N1CCC[C@@H](N2CCCCCC2=O)C1. The first-order valence-corrected chi connectivity index (χ1v) is 13.1. The zero-order chi connectivity index (χ0) is 22.3. The minimum Gasteiger partial charge on any atom is -0.381 e. The number of urea groups is 1. The van der Waals surface area contributed by atoms with Crippen LogP contribution in [0.15, 0.2) is 24.3 Å². The number of benzene rings is 1. The number of rotatable bonds is 6. The Morgan fingerprint density at radius 2 is 1.94 bits per heavy atom. The van der Waals surface area contributed by atoms with Crippen LogP contribution in [0.3, 0.4) is 0 Å². The van der Waals surface area contributed by atoms with Gasteiger partial charge >= 0.3 is 6.03 Å². The predicted octanol–water partition coefficient (Wildman–Crippen LogP) is 2.63. The number of piperidine rings is 1. The number of carbonyl (C=O) groups excluding carboxylic acids is 2. The van der Waals surface area contributed by atoms with Crippen LogP contribution < -0.4 is 5.32 Å². The average Bonchev–Trinajstić information content (AvgIpc) is 3.03. The number of fused-ring (bicyclic) bond motifs is 1. The highest BCUT2D eigenvalue weighted by molar-refractivity contribution is 7.99. The van der Waals surface area contributed by atoms with Crippen molar-refractivity contribution < 1.29 is 14.7 Å². The third kappa shape index (κ3) is 6.17. The molecule has 4 rings (SSSR count). The number of hydrogen-bond acceptors (Lipinski definition) is 5. The molecule has 2 atom stereocenters. The van der Waals surface area contributed by atoms with Gasteiger partial charge in [-0.15, -0.1) is 11.8 Å². The summed E-state index contributed by atoms with van der Waals surface area (Å²) in [5.74, 6) is 0.627. The lowest BCUT2D eigenvalue weighted by Crippen LogP contribution is -2.53. The standard InChI is InChI=1S/C24H36N4O3S/c29-22-10-2-1-5-13-28(22)21-9-6-12-27(16-21)24(31)25-18-32-23(30)17-26-14-11-19-7-3-4-8-20(19)15-26/h3-4,7-8,21,23,30H,1-2,5-6,9-18H2,(H,25,31)/t21-,23+/m1/s1. The Morgan fingerprint density at radius 3 is 2.81 bits per heavy atom. The highest BCUT2D eigenvalue weighted by Crippen LogP contribution is 2.22. The van der Waals surface area contributed by atoms with Crippen molar-refractivity contribution in [3.63, 3.8) is 0 Å². The summed E-state index contributed by atoms with van der Waals surface area (Å²) in [5, 5.41) is 13.4. The van der Waals surface area contributed by atoms with Crippen molar-refractivity contribution >= 4 is 23.7 Å². The molecule has 3 aliphatic rings. The van der Waals surface area contributed by atoms with E-state index in [-0.39, 0.29) is 18.0 Å². The minimum absolute atomic E-state index is 0.0939. The third-order valence-corrected chi connectivity index (χ3v) is 7.70. The van der Waals surface area contributed by atoms with Crippen LogP contribution in [0.1, 0.15) is 49.7 Å². The number of thioether (sulfide) groups is 1. The van der Waals surface area contributed by atoms with Gasteiger partial charge in [-0.25, -0.2) is 4.79 Å². The van der Waals surface area contributed by atoms with Crippen molar-refractivity contribution in [1.29, 1.82) is 0 Å². The van der Waals surface area contributed by atoms with Crippen molar-refractivity contribution in [3.8, 4) is 0 Å². The fourth-order valence-corrected chi connectivity index (χ4v) is 5.79. The van der Waals surface area contributed by atoms with Crippen molar-refractivity contribution in [2.45, 2.75) is 63.0 Å². The summed E-state index contributed by atoms with van der Waals surface area (Å²) in [6.07, 6.45) is 6.71. The predicted molar refractivity (Wildman–Crippen MR) is 127 cm³/mol. The molecular formula is C24H36N4O3S. The van der Waals surface area contributed by atoms with Gasteiger partial charge in [-0.3, -0.25) is 9.69 Å². The number of β-amino-alcohol motifs (C(OH)–C–C–N with tert-alkyl or cyclic N) is 1. The van der Waals surface area contributed by atoms with E-state index in [4.69, 9.17) is 0 Å². The number of nitrogens with one attached hydrogen (secondary N) is 1. The molecule has 3 aliphatic heterocycles. The largest absolute Gasteiger partial charge is 0.381 e. The average molecular weight is 461 g/mol. The lowest BCUT2D eigenvalue weighted by atomic mass is 10.0. The van der Waals surface area contributed by atoms with Gasteiger partial charge < -0.3 is 20.2 Å². The molecule has 0 unspecified atom stereocenters. The molecule has 1 aromatic carbocycles.